The summed E-state index contributed by atoms with van der Waals surface area (Å²) in [6, 6.07) is 81.3. The van der Waals surface area contributed by atoms with Crippen molar-refractivity contribution in [1.82, 2.24) is 9.97 Å². The second kappa shape index (κ2) is 15.6. The number of hydrogen-bond acceptors (Lipinski definition) is 3. The molecular weight excluding hydrogens is 741 g/mol. The van der Waals surface area contributed by atoms with Crippen LogP contribution in [0.1, 0.15) is 0 Å². The first-order valence-corrected chi connectivity index (χ1v) is 20.6. The van der Waals surface area contributed by atoms with Gasteiger partial charge in [-0.15, -0.1) is 0 Å². The maximum absolute atomic E-state index is 6.55. The quantitative estimate of drug-likeness (QED) is 0.154. The van der Waals surface area contributed by atoms with Gasteiger partial charge in [-0.25, -0.2) is 9.97 Å². The van der Waals surface area contributed by atoms with Gasteiger partial charge in [0.05, 0.1) is 0 Å². The van der Waals surface area contributed by atoms with Crippen LogP contribution < -0.4 is 0 Å². The van der Waals surface area contributed by atoms with Crippen LogP contribution in [0.5, 0.6) is 0 Å². The summed E-state index contributed by atoms with van der Waals surface area (Å²) in [4.78, 5) is 10.5. The Kier molecular flexibility index (Phi) is 9.18. The molecule has 0 N–H and O–H groups in total. The van der Waals surface area contributed by atoms with E-state index < -0.39 is 0 Å². The average molecular weight is 779 g/mol. The minimum absolute atomic E-state index is 0.647. The van der Waals surface area contributed by atoms with Gasteiger partial charge in [-0.05, 0) is 109 Å². The summed E-state index contributed by atoms with van der Waals surface area (Å²) in [5.74, 6) is 0.647. The molecule has 0 unspecified atom stereocenters. The highest BCUT2D eigenvalue weighted by Crippen LogP contribution is 2.38. The summed E-state index contributed by atoms with van der Waals surface area (Å²) in [6.07, 6.45) is 0. The Labute approximate surface area is 354 Å². The minimum Gasteiger partial charge on any atom is -0.452 e. The summed E-state index contributed by atoms with van der Waals surface area (Å²) in [5, 5.41) is 0.964. The lowest BCUT2D eigenvalue weighted by atomic mass is 9.95. The molecule has 0 saturated heterocycles. The fraction of sp³-hybridized carbons (Fsp3) is 0. The lowest BCUT2D eigenvalue weighted by molar-refractivity contribution is 0.667. The molecular formula is C58H38N2O. The lowest BCUT2D eigenvalue weighted by Crippen LogP contribution is -1.94. The highest BCUT2D eigenvalue weighted by atomic mass is 16.3. The van der Waals surface area contributed by atoms with Gasteiger partial charge >= 0.3 is 0 Å². The second-order valence-electron chi connectivity index (χ2n) is 15.4. The van der Waals surface area contributed by atoms with Crippen molar-refractivity contribution in [3.63, 3.8) is 0 Å². The Morgan fingerprint density at radius 2 is 0.607 bits per heavy atom. The van der Waals surface area contributed by atoms with Gasteiger partial charge in [0.2, 0.25) is 0 Å². The van der Waals surface area contributed by atoms with Crippen molar-refractivity contribution in [2.24, 2.45) is 0 Å². The van der Waals surface area contributed by atoms with Crippen LogP contribution in [0.3, 0.4) is 0 Å². The van der Waals surface area contributed by atoms with E-state index in [1.807, 2.05) is 24.3 Å². The average Bonchev–Trinajstić information content (AvgIpc) is 3.73. The largest absolute Gasteiger partial charge is 0.452 e. The van der Waals surface area contributed by atoms with Crippen LogP contribution in [-0.4, -0.2) is 9.97 Å². The van der Waals surface area contributed by atoms with Crippen molar-refractivity contribution in [3.8, 4) is 89.4 Å². The molecule has 3 nitrogen and oxygen atoms in total. The molecule has 11 aromatic rings. The molecule has 0 aliphatic rings. The Hall–Kier alpha value is -8.14. The zero-order valence-corrected chi connectivity index (χ0v) is 33.2. The molecule has 61 heavy (non-hydrogen) atoms. The number of benzene rings is 9. The molecule has 0 atom stereocenters. The molecule has 2 heterocycles. The van der Waals surface area contributed by atoms with Gasteiger partial charge < -0.3 is 4.42 Å². The van der Waals surface area contributed by atoms with E-state index in [0.717, 1.165) is 61.1 Å². The number of nitrogens with zero attached hydrogens (tertiary/aromatic N) is 2. The van der Waals surface area contributed by atoms with Gasteiger partial charge in [0, 0.05) is 16.5 Å². The van der Waals surface area contributed by atoms with Crippen LogP contribution in [-0.2, 0) is 0 Å². The van der Waals surface area contributed by atoms with Gasteiger partial charge in [0.25, 0.3) is 0 Å². The predicted octanol–water partition coefficient (Wildman–Crippen LogP) is 15.7. The molecule has 0 saturated carbocycles. The van der Waals surface area contributed by atoms with Crippen LogP contribution in [0, 0.1) is 0 Å². The Bertz CT molecular complexity index is 3350. The first-order valence-electron chi connectivity index (χ1n) is 20.6. The first kappa shape index (κ1) is 36.0. The predicted molar refractivity (Wildman–Crippen MR) is 253 cm³/mol. The van der Waals surface area contributed by atoms with Crippen LogP contribution in [0.25, 0.3) is 111 Å². The van der Waals surface area contributed by atoms with Crippen molar-refractivity contribution < 1.29 is 4.42 Å². The molecule has 0 aliphatic heterocycles. The number of para-hydroxylation sites is 1. The zero-order valence-electron chi connectivity index (χ0n) is 33.2. The molecule has 0 amide bonds. The van der Waals surface area contributed by atoms with Crippen LogP contribution in [0.4, 0.5) is 0 Å². The van der Waals surface area contributed by atoms with Gasteiger partial charge in [-0.2, -0.15) is 0 Å². The van der Waals surface area contributed by atoms with Crippen molar-refractivity contribution in [2.45, 2.75) is 0 Å². The number of rotatable bonds is 8. The van der Waals surface area contributed by atoms with E-state index in [4.69, 9.17) is 14.4 Å². The van der Waals surface area contributed by atoms with Gasteiger partial charge in [-0.3, -0.25) is 0 Å². The fourth-order valence-corrected chi connectivity index (χ4v) is 8.35. The lowest BCUT2D eigenvalue weighted by Gasteiger charge is -2.11. The number of aromatic nitrogens is 2. The van der Waals surface area contributed by atoms with E-state index in [1.165, 1.54) is 38.9 Å². The second-order valence-corrected chi connectivity index (χ2v) is 15.4. The van der Waals surface area contributed by atoms with Gasteiger partial charge in [-0.1, -0.05) is 188 Å². The van der Waals surface area contributed by atoms with Crippen LogP contribution in [0.15, 0.2) is 235 Å². The van der Waals surface area contributed by atoms with E-state index >= 15 is 0 Å². The summed E-state index contributed by atoms with van der Waals surface area (Å²) in [6.45, 7) is 0. The van der Waals surface area contributed by atoms with Crippen molar-refractivity contribution in [2.75, 3.05) is 0 Å². The smallest absolute Gasteiger partial charge is 0.180 e. The van der Waals surface area contributed by atoms with Gasteiger partial charge in [0.15, 0.2) is 11.4 Å². The number of fused-ring (bicyclic) bond motifs is 3. The Morgan fingerprint density at radius 1 is 0.262 bits per heavy atom. The van der Waals surface area contributed by atoms with E-state index in [9.17, 15) is 0 Å². The third-order valence-electron chi connectivity index (χ3n) is 11.5. The zero-order chi connectivity index (χ0) is 40.5. The van der Waals surface area contributed by atoms with E-state index in [2.05, 4.69) is 206 Å². The standard InChI is InChI=1S/C58H38N2O/c1-3-14-39(15-4-1)41-30-32-42(33-31-41)44-19-10-21-46(35-44)50-25-13-27-52(38-50)58-59-55(57-56(60-58)53-28-7-8-29-54(53)61-57)51-26-12-24-49(37-51)48-23-11-22-47(36-48)45-20-9-18-43(34-45)40-16-5-2-6-17-40/h1-38H. The summed E-state index contributed by atoms with van der Waals surface area (Å²) in [5.41, 5.74) is 18.9. The molecule has 2 aromatic heterocycles. The first-order chi connectivity index (χ1) is 30.2. The van der Waals surface area contributed by atoms with E-state index in [1.54, 1.807) is 0 Å². The normalized spacial score (nSPS) is 11.3. The monoisotopic (exact) mass is 778 g/mol. The molecule has 0 spiro atoms. The Morgan fingerprint density at radius 3 is 1.13 bits per heavy atom. The van der Waals surface area contributed by atoms with E-state index in [0.29, 0.717) is 11.4 Å². The fourth-order valence-electron chi connectivity index (χ4n) is 8.35. The Balaban J connectivity index is 0.960. The van der Waals surface area contributed by atoms with Crippen molar-refractivity contribution >= 4 is 22.1 Å². The summed E-state index contributed by atoms with van der Waals surface area (Å²) in [7, 11) is 0. The maximum atomic E-state index is 6.55. The SMILES string of the molecule is c1ccc(-c2ccc(-c3cccc(-c4cccc(-c5nc(-c6cccc(-c7cccc(-c8cccc(-c9ccccc9)c8)c7)c6)c6oc7ccccc7c6n5)c4)c3)cc2)cc1. The molecule has 0 aliphatic carbocycles. The topological polar surface area (TPSA) is 38.9 Å². The highest BCUT2D eigenvalue weighted by molar-refractivity contribution is 6.07. The van der Waals surface area contributed by atoms with Crippen LogP contribution >= 0.6 is 0 Å². The van der Waals surface area contributed by atoms with Gasteiger partial charge in [0.1, 0.15) is 16.8 Å². The molecule has 3 heteroatoms. The third kappa shape index (κ3) is 7.09. The number of furan rings is 1. The summed E-state index contributed by atoms with van der Waals surface area (Å²) >= 11 is 0. The molecule has 11 rings (SSSR count). The van der Waals surface area contributed by atoms with E-state index in [-0.39, 0.29) is 0 Å². The summed E-state index contributed by atoms with van der Waals surface area (Å²) < 4.78 is 6.55. The molecule has 0 bridgehead atoms. The van der Waals surface area contributed by atoms with Crippen LogP contribution in [0.2, 0.25) is 0 Å². The number of hydrogen-bond donors (Lipinski definition) is 0. The molecule has 286 valence electrons. The van der Waals surface area contributed by atoms with Crippen molar-refractivity contribution in [1.29, 1.82) is 0 Å². The molecule has 0 fully saturated rings. The minimum atomic E-state index is 0.647. The molecule has 9 aromatic carbocycles. The maximum Gasteiger partial charge on any atom is 0.180 e. The highest BCUT2D eigenvalue weighted by Gasteiger charge is 2.19. The molecule has 0 radical (unpaired) electrons. The third-order valence-corrected chi connectivity index (χ3v) is 11.5. The van der Waals surface area contributed by atoms with Crippen molar-refractivity contribution in [3.05, 3.63) is 231 Å².